The van der Waals surface area contributed by atoms with Gasteiger partial charge in [0.2, 0.25) is 5.76 Å². The first-order valence-corrected chi connectivity index (χ1v) is 4.70. The molecule has 1 heterocycles. The SMILES string of the molecule is C[NH+](C)CCCOC(=O)c1ccco1. The van der Waals surface area contributed by atoms with Crippen LogP contribution in [-0.2, 0) is 4.74 Å². The Morgan fingerprint density at radius 2 is 2.36 bits per heavy atom. The summed E-state index contributed by atoms with van der Waals surface area (Å²) in [7, 11) is 4.13. The zero-order valence-electron chi connectivity index (χ0n) is 8.58. The maximum absolute atomic E-state index is 11.2. The fraction of sp³-hybridized carbons (Fsp3) is 0.500. The van der Waals surface area contributed by atoms with Crippen molar-refractivity contribution in [1.29, 1.82) is 0 Å². The van der Waals surface area contributed by atoms with Crippen LogP contribution in [0, 0.1) is 0 Å². The maximum Gasteiger partial charge on any atom is 0.374 e. The molecular formula is C10H16NO3+. The number of esters is 1. The lowest BCUT2D eigenvalue weighted by atomic mass is 10.4. The van der Waals surface area contributed by atoms with Crippen molar-refractivity contribution in [2.24, 2.45) is 0 Å². The van der Waals surface area contributed by atoms with Crippen molar-refractivity contribution in [2.75, 3.05) is 27.2 Å². The van der Waals surface area contributed by atoms with Gasteiger partial charge >= 0.3 is 5.97 Å². The Balaban J connectivity index is 2.16. The van der Waals surface area contributed by atoms with Gasteiger partial charge < -0.3 is 14.1 Å². The number of hydrogen-bond acceptors (Lipinski definition) is 3. The molecular weight excluding hydrogens is 182 g/mol. The second-order valence-corrected chi connectivity index (χ2v) is 3.42. The summed E-state index contributed by atoms with van der Waals surface area (Å²) in [5.41, 5.74) is 0. The number of carbonyl (C=O) groups excluding carboxylic acids is 1. The number of rotatable bonds is 5. The van der Waals surface area contributed by atoms with Crippen molar-refractivity contribution in [1.82, 2.24) is 0 Å². The minimum Gasteiger partial charge on any atom is -0.460 e. The summed E-state index contributed by atoms with van der Waals surface area (Å²) in [5, 5.41) is 0. The van der Waals surface area contributed by atoms with Crippen LogP contribution in [0.2, 0.25) is 0 Å². The summed E-state index contributed by atoms with van der Waals surface area (Å²) in [4.78, 5) is 12.6. The number of hydrogen-bond donors (Lipinski definition) is 1. The van der Waals surface area contributed by atoms with Gasteiger partial charge in [-0.05, 0) is 12.1 Å². The average Bonchev–Trinajstić information content (AvgIpc) is 2.64. The summed E-state index contributed by atoms with van der Waals surface area (Å²) in [6, 6.07) is 3.26. The topological polar surface area (TPSA) is 43.9 Å². The van der Waals surface area contributed by atoms with Gasteiger partial charge in [-0.3, -0.25) is 0 Å². The van der Waals surface area contributed by atoms with Gasteiger partial charge in [-0.25, -0.2) is 4.79 Å². The first-order chi connectivity index (χ1) is 6.70. The smallest absolute Gasteiger partial charge is 0.374 e. The van der Waals surface area contributed by atoms with Gasteiger partial charge in [-0.1, -0.05) is 0 Å². The third kappa shape index (κ3) is 3.62. The molecule has 0 radical (unpaired) electrons. The number of furan rings is 1. The van der Waals surface area contributed by atoms with Crippen molar-refractivity contribution in [3.05, 3.63) is 24.2 Å². The predicted octanol–water partition coefficient (Wildman–Crippen LogP) is -0.0290. The monoisotopic (exact) mass is 198 g/mol. The van der Waals surface area contributed by atoms with Crippen molar-refractivity contribution in [3.8, 4) is 0 Å². The largest absolute Gasteiger partial charge is 0.460 e. The van der Waals surface area contributed by atoms with Crippen molar-refractivity contribution in [2.45, 2.75) is 6.42 Å². The molecule has 14 heavy (non-hydrogen) atoms. The molecule has 0 unspecified atom stereocenters. The second-order valence-electron chi connectivity index (χ2n) is 3.42. The lowest BCUT2D eigenvalue weighted by Gasteiger charge is -2.06. The molecule has 0 saturated carbocycles. The van der Waals surface area contributed by atoms with Crippen LogP contribution in [-0.4, -0.2) is 33.2 Å². The fourth-order valence-electron chi connectivity index (χ4n) is 1.06. The van der Waals surface area contributed by atoms with Crippen molar-refractivity contribution < 1.29 is 18.8 Å². The molecule has 0 fully saturated rings. The zero-order chi connectivity index (χ0) is 10.4. The van der Waals surface area contributed by atoms with E-state index in [4.69, 9.17) is 9.15 Å². The molecule has 0 aliphatic heterocycles. The Bertz CT molecular complexity index is 267. The minimum absolute atomic E-state index is 0.266. The molecule has 4 nitrogen and oxygen atoms in total. The van der Waals surface area contributed by atoms with E-state index in [1.807, 2.05) is 0 Å². The van der Waals surface area contributed by atoms with E-state index in [0.29, 0.717) is 6.61 Å². The maximum atomic E-state index is 11.2. The third-order valence-corrected chi connectivity index (χ3v) is 1.78. The van der Waals surface area contributed by atoms with Crippen LogP contribution in [0.15, 0.2) is 22.8 Å². The molecule has 4 heteroatoms. The number of carbonyl (C=O) groups is 1. The van der Waals surface area contributed by atoms with Gasteiger partial charge in [-0.2, -0.15) is 0 Å². The van der Waals surface area contributed by atoms with E-state index >= 15 is 0 Å². The Kier molecular flexibility index (Phi) is 4.19. The summed E-state index contributed by atoms with van der Waals surface area (Å²) < 4.78 is 9.88. The molecule has 1 rings (SSSR count). The van der Waals surface area contributed by atoms with Crippen LogP contribution >= 0.6 is 0 Å². The van der Waals surface area contributed by atoms with E-state index in [9.17, 15) is 4.79 Å². The van der Waals surface area contributed by atoms with Gasteiger partial charge in [-0.15, -0.1) is 0 Å². The highest BCUT2D eigenvalue weighted by Crippen LogP contribution is 2.01. The molecule has 0 spiro atoms. The molecule has 0 aromatic carbocycles. The van der Waals surface area contributed by atoms with Gasteiger partial charge in [0, 0.05) is 6.42 Å². The summed E-state index contributed by atoms with van der Waals surface area (Å²) in [5.74, 6) is -0.119. The molecule has 0 aliphatic carbocycles. The Labute approximate surface area is 83.5 Å². The third-order valence-electron chi connectivity index (χ3n) is 1.78. The highest BCUT2D eigenvalue weighted by molar-refractivity contribution is 5.86. The molecule has 1 aromatic rings. The van der Waals surface area contributed by atoms with Crippen LogP contribution < -0.4 is 4.90 Å². The molecule has 0 bridgehead atoms. The molecule has 0 saturated heterocycles. The quantitative estimate of drug-likeness (QED) is 0.534. The molecule has 0 amide bonds. The van der Waals surface area contributed by atoms with Gasteiger partial charge in [0.1, 0.15) is 0 Å². The van der Waals surface area contributed by atoms with Crippen LogP contribution in [0.25, 0.3) is 0 Å². The van der Waals surface area contributed by atoms with Crippen LogP contribution in [0.3, 0.4) is 0 Å². The lowest BCUT2D eigenvalue weighted by Crippen LogP contribution is -3.05. The first-order valence-electron chi connectivity index (χ1n) is 4.70. The van der Waals surface area contributed by atoms with E-state index in [1.54, 1.807) is 12.1 Å². The van der Waals surface area contributed by atoms with Crippen LogP contribution in [0.5, 0.6) is 0 Å². The van der Waals surface area contributed by atoms with E-state index in [-0.39, 0.29) is 11.7 Å². The van der Waals surface area contributed by atoms with Crippen molar-refractivity contribution >= 4 is 5.97 Å². The first kappa shape index (κ1) is 10.8. The van der Waals surface area contributed by atoms with E-state index < -0.39 is 0 Å². The lowest BCUT2D eigenvalue weighted by molar-refractivity contribution is -0.858. The highest BCUT2D eigenvalue weighted by Gasteiger charge is 2.09. The average molecular weight is 198 g/mol. The molecule has 0 aliphatic rings. The predicted molar refractivity (Wildman–Crippen MR) is 51.3 cm³/mol. The Morgan fingerprint density at radius 3 is 2.93 bits per heavy atom. The molecule has 1 aromatic heterocycles. The molecule has 0 atom stereocenters. The molecule has 78 valence electrons. The highest BCUT2D eigenvalue weighted by atomic mass is 16.5. The Hall–Kier alpha value is -1.29. The Morgan fingerprint density at radius 1 is 1.57 bits per heavy atom. The number of ether oxygens (including phenoxy) is 1. The van der Waals surface area contributed by atoms with E-state index in [0.717, 1.165) is 13.0 Å². The van der Waals surface area contributed by atoms with Crippen molar-refractivity contribution in [3.63, 3.8) is 0 Å². The number of nitrogens with one attached hydrogen (secondary N) is 1. The van der Waals surface area contributed by atoms with Gasteiger partial charge in [0.25, 0.3) is 0 Å². The van der Waals surface area contributed by atoms with Gasteiger partial charge in [0.15, 0.2) is 0 Å². The van der Waals surface area contributed by atoms with E-state index in [2.05, 4.69) is 14.1 Å². The normalized spacial score (nSPS) is 10.5. The summed E-state index contributed by atoms with van der Waals surface area (Å²) >= 11 is 0. The zero-order valence-corrected chi connectivity index (χ0v) is 8.58. The van der Waals surface area contributed by atoms with Crippen LogP contribution in [0.1, 0.15) is 17.0 Å². The minimum atomic E-state index is -0.385. The second kappa shape index (κ2) is 5.44. The summed E-state index contributed by atoms with van der Waals surface area (Å²) in [6.07, 6.45) is 2.33. The molecule has 1 N–H and O–H groups in total. The fourth-order valence-corrected chi connectivity index (χ4v) is 1.06. The van der Waals surface area contributed by atoms with E-state index in [1.165, 1.54) is 11.2 Å². The van der Waals surface area contributed by atoms with Crippen LogP contribution in [0.4, 0.5) is 0 Å². The standard InChI is InChI=1S/C10H15NO3/c1-11(2)6-4-8-14-10(12)9-5-3-7-13-9/h3,5,7H,4,6,8H2,1-2H3/p+1. The van der Waals surface area contributed by atoms with Gasteiger partial charge in [0.05, 0.1) is 33.5 Å². The number of quaternary nitrogens is 1. The summed E-state index contributed by atoms with van der Waals surface area (Å²) in [6.45, 7) is 1.44.